The second-order valence-corrected chi connectivity index (χ2v) is 8.51. The van der Waals surface area contributed by atoms with Crippen molar-refractivity contribution in [1.29, 1.82) is 5.26 Å². The van der Waals surface area contributed by atoms with Gasteiger partial charge in [0.05, 0.1) is 39.1 Å². The third kappa shape index (κ3) is 6.29. The molecule has 0 N–H and O–H groups in total. The fourth-order valence-electron chi connectivity index (χ4n) is 3.83. The molecule has 2 aromatic carbocycles. The van der Waals surface area contributed by atoms with Crippen molar-refractivity contribution in [3.8, 4) is 34.6 Å². The monoisotopic (exact) mass is 489 g/mol. The Balaban J connectivity index is 1.90. The van der Waals surface area contributed by atoms with Gasteiger partial charge in [0, 0.05) is 44.4 Å². The van der Waals surface area contributed by atoms with Gasteiger partial charge in [-0.05, 0) is 42.9 Å². The zero-order valence-corrected chi connectivity index (χ0v) is 21.5. The number of nitriles is 1. The van der Waals surface area contributed by atoms with Gasteiger partial charge in [-0.15, -0.1) is 0 Å². The summed E-state index contributed by atoms with van der Waals surface area (Å²) in [5.41, 5.74) is 3.79. The van der Waals surface area contributed by atoms with E-state index < -0.39 is 0 Å². The van der Waals surface area contributed by atoms with Crippen molar-refractivity contribution in [1.82, 2.24) is 19.8 Å². The predicted octanol–water partition coefficient (Wildman–Crippen LogP) is 3.15. The minimum Gasteiger partial charge on any atom is -0.495 e. The molecule has 1 amide bonds. The first-order valence-corrected chi connectivity index (χ1v) is 11.3. The second kappa shape index (κ2) is 12.0. The SMILES string of the molecule is COc1ccc(-c2ccnc(Cc3cc(CN(C)CC(=O)N(C)C)c(OC)c(OC)c3)n2)cc1C#N. The van der Waals surface area contributed by atoms with Crippen molar-refractivity contribution in [2.24, 2.45) is 0 Å². The van der Waals surface area contributed by atoms with E-state index in [-0.39, 0.29) is 12.5 Å². The topological polar surface area (TPSA) is 101 Å². The Morgan fingerprint density at radius 3 is 2.39 bits per heavy atom. The van der Waals surface area contributed by atoms with Crippen LogP contribution in [-0.2, 0) is 17.8 Å². The molecule has 9 heteroatoms. The van der Waals surface area contributed by atoms with E-state index in [1.54, 1.807) is 51.5 Å². The Bertz CT molecular complexity index is 1270. The minimum absolute atomic E-state index is 0.0166. The lowest BCUT2D eigenvalue weighted by Crippen LogP contribution is -2.34. The first kappa shape index (κ1) is 26.4. The van der Waals surface area contributed by atoms with Crippen LogP contribution in [0.1, 0.15) is 22.5 Å². The number of hydrogen-bond acceptors (Lipinski definition) is 8. The molecule has 1 heterocycles. The average molecular weight is 490 g/mol. The van der Waals surface area contributed by atoms with Crippen molar-refractivity contribution >= 4 is 5.91 Å². The number of carbonyl (C=O) groups excluding carboxylic acids is 1. The summed E-state index contributed by atoms with van der Waals surface area (Å²) in [6.45, 7) is 0.775. The summed E-state index contributed by atoms with van der Waals surface area (Å²) < 4.78 is 16.5. The quantitative estimate of drug-likeness (QED) is 0.428. The molecule has 0 spiro atoms. The molecule has 0 aliphatic carbocycles. The van der Waals surface area contributed by atoms with Crippen LogP contribution in [0.4, 0.5) is 0 Å². The number of nitrogens with zero attached hydrogens (tertiary/aromatic N) is 5. The number of rotatable bonds is 10. The van der Waals surface area contributed by atoms with Gasteiger partial charge in [-0.2, -0.15) is 5.26 Å². The number of likely N-dealkylation sites (N-methyl/N-ethyl adjacent to an activating group) is 2. The molecule has 0 radical (unpaired) electrons. The Morgan fingerprint density at radius 2 is 1.75 bits per heavy atom. The third-order valence-corrected chi connectivity index (χ3v) is 5.64. The maximum Gasteiger partial charge on any atom is 0.236 e. The molecule has 0 aliphatic heterocycles. The molecule has 0 unspecified atom stereocenters. The number of methoxy groups -OCH3 is 3. The zero-order valence-electron chi connectivity index (χ0n) is 21.5. The van der Waals surface area contributed by atoms with Crippen LogP contribution in [0, 0.1) is 11.3 Å². The van der Waals surface area contributed by atoms with E-state index in [0.29, 0.717) is 47.3 Å². The van der Waals surface area contributed by atoms with E-state index in [0.717, 1.165) is 16.7 Å². The van der Waals surface area contributed by atoms with Crippen LogP contribution >= 0.6 is 0 Å². The zero-order chi connectivity index (χ0) is 26.2. The number of carbonyl (C=O) groups is 1. The lowest BCUT2D eigenvalue weighted by atomic mass is 10.0. The largest absolute Gasteiger partial charge is 0.495 e. The fraction of sp³-hybridized carbons (Fsp3) is 0.333. The molecule has 36 heavy (non-hydrogen) atoms. The number of hydrogen-bond donors (Lipinski definition) is 0. The molecule has 3 rings (SSSR count). The Kier molecular flexibility index (Phi) is 8.81. The van der Waals surface area contributed by atoms with Crippen molar-refractivity contribution in [2.75, 3.05) is 49.0 Å². The van der Waals surface area contributed by atoms with Crippen molar-refractivity contribution in [3.05, 3.63) is 65.1 Å². The van der Waals surface area contributed by atoms with E-state index in [9.17, 15) is 10.1 Å². The highest BCUT2D eigenvalue weighted by atomic mass is 16.5. The van der Waals surface area contributed by atoms with Crippen molar-refractivity contribution in [2.45, 2.75) is 13.0 Å². The maximum atomic E-state index is 12.1. The summed E-state index contributed by atoms with van der Waals surface area (Å²) in [6, 6.07) is 13.3. The molecule has 0 saturated heterocycles. The van der Waals surface area contributed by atoms with Gasteiger partial charge >= 0.3 is 0 Å². The van der Waals surface area contributed by atoms with Crippen LogP contribution in [-0.4, -0.2) is 74.7 Å². The number of benzene rings is 2. The van der Waals surface area contributed by atoms with Gasteiger partial charge in [-0.1, -0.05) is 6.07 Å². The highest BCUT2D eigenvalue weighted by Crippen LogP contribution is 2.34. The van der Waals surface area contributed by atoms with Crippen LogP contribution in [0.3, 0.4) is 0 Å². The summed E-state index contributed by atoms with van der Waals surface area (Å²) in [4.78, 5) is 24.8. The van der Waals surface area contributed by atoms with Crippen LogP contribution in [0.5, 0.6) is 17.2 Å². The molecule has 0 atom stereocenters. The van der Waals surface area contributed by atoms with Gasteiger partial charge in [0.25, 0.3) is 0 Å². The van der Waals surface area contributed by atoms with E-state index in [1.165, 1.54) is 7.11 Å². The van der Waals surface area contributed by atoms with Gasteiger partial charge in [0.2, 0.25) is 5.91 Å². The second-order valence-electron chi connectivity index (χ2n) is 8.51. The molecule has 188 valence electrons. The predicted molar refractivity (Wildman–Crippen MR) is 136 cm³/mol. The summed E-state index contributed by atoms with van der Waals surface area (Å²) in [5, 5.41) is 9.42. The van der Waals surface area contributed by atoms with Crippen molar-refractivity contribution in [3.63, 3.8) is 0 Å². The lowest BCUT2D eigenvalue weighted by molar-refractivity contribution is -0.129. The van der Waals surface area contributed by atoms with Gasteiger partial charge in [0.15, 0.2) is 11.5 Å². The summed E-state index contributed by atoms with van der Waals surface area (Å²) in [5.74, 6) is 2.38. The third-order valence-electron chi connectivity index (χ3n) is 5.64. The van der Waals surface area contributed by atoms with Gasteiger partial charge < -0.3 is 19.1 Å². The van der Waals surface area contributed by atoms with Crippen LogP contribution in [0.15, 0.2) is 42.6 Å². The highest BCUT2D eigenvalue weighted by molar-refractivity contribution is 5.77. The standard InChI is InChI=1S/C27H31N5O4/c1-31(2)26(33)17-32(3)16-21-11-18(12-24(35-5)27(21)36-6)13-25-29-10-9-22(30-25)19-7-8-23(34-4)20(14-19)15-28/h7-12,14H,13,16-17H2,1-6H3. The van der Waals surface area contributed by atoms with Crippen LogP contribution in [0.25, 0.3) is 11.3 Å². The molecule has 0 saturated carbocycles. The molecular formula is C27H31N5O4. The lowest BCUT2D eigenvalue weighted by Gasteiger charge is -2.21. The number of amides is 1. The number of ether oxygens (including phenoxy) is 3. The molecule has 0 fully saturated rings. The summed E-state index contributed by atoms with van der Waals surface area (Å²) in [6.07, 6.45) is 2.17. The Hall–Kier alpha value is -4.16. The van der Waals surface area contributed by atoms with E-state index >= 15 is 0 Å². The van der Waals surface area contributed by atoms with Crippen LogP contribution in [0.2, 0.25) is 0 Å². The summed E-state index contributed by atoms with van der Waals surface area (Å²) in [7, 11) is 10.1. The average Bonchev–Trinajstić information content (AvgIpc) is 2.87. The normalized spacial score (nSPS) is 10.6. The fourth-order valence-corrected chi connectivity index (χ4v) is 3.83. The Morgan fingerprint density at radius 1 is 1.00 bits per heavy atom. The Labute approximate surface area is 211 Å². The van der Waals surface area contributed by atoms with E-state index in [4.69, 9.17) is 19.2 Å². The first-order chi connectivity index (χ1) is 17.3. The summed E-state index contributed by atoms with van der Waals surface area (Å²) >= 11 is 0. The molecular weight excluding hydrogens is 458 g/mol. The first-order valence-electron chi connectivity index (χ1n) is 11.3. The molecule has 0 bridgehead atoms. The molecule has 0 aliphatic rings. The van der Waals surface area contributed by atoms with Gasteiger partial charge in [-0.3, -0.25) is 9.69 Å². The number of aromatic nitrogens is 2. The maximum absolute atomic E-state index is 12.1. The van der Waals surface area contributed by atoms with Crippen molar-refractivity contribution < 1.29 is 19.0 Å². The highest BCUT2D eigenvalue weighted by Gasteiger charge is 2.17. The smallest absolute Gasteiger partial charge is 0.236 e. The molecule has 1 aromatic heterocycles. The van der Waals surface area contributed by atoms with E-state index in [1.807, 2.05) is 36.2 Å². The van der Waals surface area contributed by atoms with E-state index in [2.05, 4.69) is 11.1 Å². The van der Waals surface area contributed by atoms with Gasteiger partial charge in [-0.25, -0.2) is 9.97 Å². The van der Waals surface area contributed by atoms with Crippen LogP contribution < -0.4 is 14.2 Å². The molecule has 3 aromatic rings. The minimum atomic E-state index is 0.0166. The molecule has 9 nitrogen and oxygen atoms in total. The van der Waals surface area contributed by atoms with Gasteiger partial charge in [0.1, 0.15) is 17.6 Å².